The number of hydroxylamine groups is 1. The van der Waals surface area contributed by atoms with E-state index < -0.39 is 0 Å². The lowest BCUT2D eigenvalue weighted by Gasteiger charge is -2.07. The smallest absolute Gasteiger partial charge is 0.0460 e. The summed E-state index contributed by atoms with van der Waals surface area (Å²) in [6, 6.07) is 6.31. The molecular weight excluding hydrogens is 150 g/mol. The third-order valence-electron chi connectivity index (χ3n) is 2.01. The molecule has 0 fully saturated rings. The van der Waals surface area contributed by atoms with Crippen molar-refractivity contribution in [1.29, 1.82) is 0 Å². The Kier molecular flexibility index (Phi) is 3.26. The molecule has 0 saturated heterocycles. The molecule has 0 bridgehead atoms. The predicted molar refractivity (Wildman–Crippen MR) is 49.2 cm³/mol. The van der Waals surface area contributed by atoms with Crippen LogP contribution in [-0.4, -0.2) is 5.21 Å². The van der Waals surface area contributed by atoms with E-state index in [0.717, 1.165) is 6.42 Å². The van der Waals surface area contributed by atoms with Crippen LogP contribution in [0.15, 0.2) is 18.2 Å². The van der Waals surface area contributed by atoms with Crippen LogP contribution in [-0.2, 0) is 13.0 Å². The molecule has 0 amide bonds. The number of aryl methyl sites for hydroxylation is 2. The molecule has 1 rings (SSSR count). The van der Waals surface area contributed by atoms with Gasteiger partial charge >= 0.3 is 0 Å². The van der Waals surface area contributed by atoms with Gasteiger partial charge in [0.25, 0.3) is 0 Å². The largest absolute Gasteiger partial charge is 0.316 e. The summed E-state index contributed by atoms with van der Waals surface area (Å²) < 4.78 is 0. The van der Waals surface area contributed by atoms with Crippen LogP contribution in [0.1, 0.15) is 23.6 Å². The molecular formula is C10H15NO. The van der Waals surface area contributed by atoms with Crippen molar-refractivity contribution in [3.8, 4) is 0 Å². The SMILES string of the molecule is CCc1ccc(C)cc1CNO. The maximum Gasteiger partial charge on any atom is 0.0460 e. The molecule has 0 spiro atoms. The fourth-order valence-electron chi connectivity index (χ4n) is 1.35. The molecule has 2 nitrogen and oxygen atoms in total. The Morgan fingerprint density at radius 3 is 2.67 bits per heavy atom. The molecule has 0 radical (unpaired) electrons. The fraction of sp³-hybridized carbons (Fsp3) is 0.400. The van der Waals surface area contributed by atoms with Crippen molar-refractivity contribution >= 4 is 0 Å². The summed E-state index contributed by atoms with van der Waals surface area (Å²) in [5.74, 6) is 0. The summed E-state index contributed by atoms with van der Waals surface area (Å²) in [4.78, 5) is 0. The normalized spacial score (nSPS) is 10.2. The molecule has 0 aliphatic heterocycles. The predicted octanol–water partition coefficient (Wildman–Crippen LogP) is 2.04. The zero-order valence-electron chi connectivity index (χ0n) is 7.59. The minimum Gasteiger partial charge on any atom is -0.316 e. The molecule has 0 aliphatic carbocycles. The molecule has 66 valence electrons. The third kappa shape index (κ3) is 2.06. The van der Waals surface area contributed by atoms with Gasteiger partial charge in [0.2, 0.25) is 0 Å². The van der Waals surface area contributed by atoms with Crippen molar-refractivity contribution in [2.75, 3.05) is 0 Å². The number of hydrogen-bond donors (Lipinski definition) is 2. The maximum atomic E-state index is 8.58. The Morgan fingerprint density at radius 1 is 1.33 bits per heavy atom. The van der Waals surface area contributed by atoms with Gasteiger partial charge in [-0.25, -0.2) is 5.48 Å². The molecule has 2 heteroatoms. The first-order chi connectivity index (χ1) is 5.77. The van der Waals surface area contributed by atoms with E-state index in [1.807, 2.05) is 0 Å². The summed E-state index contributed by atoms with van der Waals surface area (Å²) in [6.07, 6.45) is 1.01. The second-order valence-corrected chi connectivity index (χ2v) is 2.96. The van der Waals surface area contributed by atoms with Crippen molar-refractivity contribution in [3.63, 3.8) is 0 Å². The van der Waals surface area contributed by atoms with Crippen LogP contribution in [0.3, 0.4) is 0 Å². The highest BCUT2D eigenvalue weighted by atomic mass is 16.5. The monoisotopic (exact) mass is 165 g/mol. The molecule has 0 atom stereocenters. The average molecular weight is 165 g/mol. The van der Waals surface area contributed by atoms with Crippen molar-refractivity contribution in [1.82, 2.24) is 5.48 Å². The summed E-state index contributed by atoms with van der Waals surface area (Å²) in [7, 11) is 0. The third-order valence-corrected chi connectivity index (χ3v) is 2.01. The Morgan fingerprint density at radius 2 is 2.08 bits per heavy atom. The molecule has 0 saturated carbocycles. The van der Waals surface area contributed by atoms with Crippen molar-refractivity contribution in [2.45, 2.75) is 26.8 Å². The van der Waals surface area contributed by atoms with Crippen LogP contribution in [0.5, 0.6) is 0 Å². The number of hydrogen-bond acceptors (Lipinski definition) is 2. The van der Waals surface area contributed by atoms with E-state index in [0.29, 0.717) is 6.54 Å². The number of nitrogens with one attached hydrogen (secondary N) is 1. The minimum absolute atomic E-state index is 0.533. The molecule has 1 aromatic rings. The van der Waals surface area contributed by atoms with Gasteiger partial charge in [0.05, 0.1) is 0 Å². The van der Waals surface area contributed by atoms with Crippen molar-refractivity contribution in [3.05, 3.63) is 34.9 Å². The number of rotatable bonds is 3. The lowest BCUT2D eigenvalue weighted by Crippen LogP contribution is -2.08. The average Bonchev–Trinajstić information content (AvgIpc) is 2.05. The van der Waals surface area contributed by atoms with E-state index in [9.17, 15) is 0 Å². The van der Waals surface area contributed by atoms with E-state index in [1.165, 1.54) is 16.7 Å². The lowest BCUT2D eigenvalue weighted by molar-refractivity contribution is 0.161. The van der Waals surface area contributed by atoms with Gasteiger partial charge in [-0.15, -0.1) is 0 Å². The van der Waals surface area contributed by atoms with Gasteiger partial charge in [-0.1, -0.05) is 30.7 Å². The van der Waals surface area contributed by atoms with E-state index in [-0.39, 0.29) is 0 Å². The zero-order chi connectivity index (χ0) is 8.97. The Hall–Kier alpha value is -0.860. The molecule has 1 aromatic carbocycles. The van der Waals surface area contributed by atoms with Crippen molar-refractivity contribution in [2.24, 2.45) is 0 Å². The molecule has 12 heavy (non-hydrogen) atoms. The van der Waals surface area contributed by atoms with Gasteiger partial charge in [0, 0.05) is 6.54 Å². The van der Waals surface area contributed by atoms with E-state index in [1.54, 1.807) is 0 Å². The highest BCUT2D eigenvalue weighted by Gasteiger charge is 1.99. The zero-order valence-corrected chi connectivity index (χ0v) is 7.59. The molecule has 0 heterocycles. The fourth-order valence-corrected chi connectivity index (χ4v) is 1.35. The van der Waals surface area contributed by atoms with Gasteiger partial charge in [-0.2, -0.15) is 0 Å². The van der Waals surface area contributed by atoms with Crippen LogP contribution >= 0.6 is 0 Å². The first-order valence-electron chi connectivity index (χ1n) is 4.23. The topological polar surface area (TPSA) is 32.3 Å². The van der Waals surface area contributed by atoms with Gasteiger partial charge in [0.15, 0.2) is 0 Å². The van der Waals surface area contributed by atoms with E-state index in [4.69, 9.17) is 5.21 Å². The maximum absolute atomic E-state index is 8.58. The van der Waals surface area contributed by atoms with Crippen LogP contribution in [0.2, 0.25) is 0 Å². The first kappa shape index (κ1) is 9.23. The van der Waals surface area contributed by atoms with Crippen LogP contribution in [0.25, 0.3) is 0 Å². The Labute approximate surface area is 73.2 Å². The summed E-state index contributed by atoms with van der Waals surface area (Å²) in [5, 5.41) is 8.58. The van der Waals surface area contributed by atoms with E-state index >= 15 is 0 Å². The summed E-state index contributed by atoms with van der Waals surface area (Å²) in [6.45, 7) is 4.71. The van der Waals surface area contributed by atoms with Crippen molar-refractivity contribution < 1.29 is 5.21 Å². The molecule has 2 N–H and O–H groups in total. The molecule has 0 aliphatic rings. The Bertz CT molecular complexity index is 258. The quantitative estimate of drug-likeness (QED) is 0.672. The molecule has 0 unspecified atom stereocenters. The van der Waals surface area contributed by atoms with Gasteiger partial charge < -0.3 is 5.21 Å². The minimum atomic E-state index is 0.533. The standard InChI is InChI=1S/C10H15NO/c1-3-9-5-4-8(2)6-10(9)7-11-12/h4-6,11-12H,3,7H2,1-2H3. The summed E-state index contributed by atoms with van der Waals surface area (Å²) in [5.41, 5.74) is 5.89. The highest BCUT2D eigenvalue weighted by Crippen LogP contribution is 2.11. The summed E-state index contributed by atoms with van der Waals surface area (Å²) >= 11 is 0. The van der Waals surface area contributed by atoms with Gasteiger partial charge in [-0.05, 0) is 24.5 Å². The number of benzene rings is 1. The van der Waals surface area contributed by atoms with Gasteiger partial charge in [-0.3, -0.25) is 0 Å². The van der Waals surface area contributed by atoms with Gasteiger partial charge in [0.1, 0.15) is 0 Å². The van der Waals surface area contributed by atoms with Crippen LogP contribution < -0.4 is 5.48 Å². The Balaban J connectivity index is 2.95. The highest BCUT2D eigenvalue weighted by molar-refractivity contribution is 5.31. The lowest BCUT2D eigenvalue weighted by atomic mass is 10.0. The second kappa shape index (κ2) is 4.24. The van der Waals surface area contributed by atoms with E-state index in [2.05, 4.69) is 37.5 Å². The van der Waals surface area contributed by atoms with Crippen LogP contribution in [0, 0.1) is 6.92 Å². The second-order valence-electron chi connectivity index (χ2n) is 2.96. The molecule has 0 aromatic heterocycles. The van der Waals surface area contributed by atoms with Crippen LogP contribution in [0.4, 0.5) is 0 Å². The first-order valence-corrected chi connectivity index (χ1v) is 4.23.